The SMILES string of the molecule is CCc1ccc(C2Cc3cc(C)ccc3CCC2c2ccccc2)cc1. The summed E-state index contributed by atoms with van der Waals surface area (Å²) in [6.45, 7) is 4.44. The molecular weight excluding hydrogens is 312 g/mol. The Morgan fingerprint density at radius 3 is 2.23 bits per heavy atom. The minimum Gasteiger partial charge on any atom is -0.0622 e. The van der Waals surface area contributed by atoms with Gasteiger partial charge in [-0.15, -0.1) is 0 Å². The third-order valence-corrected chi connectivity index (χ3v) is 6.06. The molecule has 0 heterocycles. The predicted octanol–water partition coefficient (Wildman–Crippen LogP) is 6.61. The molecule has 3 aromatic rings. The first-order valence-electron chi connectivity index (χ1n) is 9.97. The van der Waals surface area contributed by atoms with E-state index in [4.69, 9.17) is 0 Å². The van der Waals surface area contributed by atoms with Gasteiger partial charge in [-0.1, -0.05) is 85.3 Å². The monoisotopic (exact) mass is 340 g/mol. The van der Waals surface area contributed by atoms with E-state index in [2.05, 4.69) is 86.6 Å². The molecule has 0 N–H and O–H groups in total. The molecule has 2 atom stereocenters. The highest BCUT2D eigenvalue weighted by molar-refractivity contribution is 5.39. The maximum absolute atomic E-state index is 2.41. The summed E-state index contributed by atoms with van der Waals surface area (Å²) in [5, 5.41) is 0. The first kappa shape index (κ1) is 17.1. The van der Waals surface area contributed by atoms with Gasteiger partial charge in [0.15, 0.2) is 0 Å². The molecule has 0 spiro atoms. The van der Waals surface area contributed by atoms with Gasteiger partial charge in [-0.25, -0.2) is 0 Å². The Morgan fingerprint density at radius 1 is 0.769 bits per heavy atom. The van der Waals surface area contributed by atoms with Crippen molar-refractivity contribution in [2.24, 2.45) is 0 Å². The number of fused-ring (bicyclic) bond motifs is 1. The van der Waals surface area contributed by atoms with Crippen LogP contribution in [0.4, 0.5) is 0 Å². The van der Waals surface area contributed by atoms with Crippen LogP contribution < -0.4 is 0 Å². The zero-order valence-corrected chi connectivity index (χ0v) is 15.9. The molecular formula is C26H28. The highest BCUT2D eigenvalue weighted by Crippen LogP contribution is 2.42. The van der Waals surface area contributed by atoms with Crippen molar-refractivity contribution in [3.63, 3.8) is 0 Å². The molecule has 0 aliphatic heterocycles. The molecule has 1 aliphatic rings. The van der Waals surface area contributed by atoms with E-state index in [1.165, 1.54) is 35.1 Å². The number of hydrogen-bond acceptors (Lipinski definition) is 0. The smallest absolute Gasteiger partial charge is 0.00524 e. The van der Waals surface area contributed by atoms with Crippen LogP contribution in [0.1, 0.15) is 58.6 Å². The summed E-state index contributed by atoms with van der Waals surface area (Å²) in [7, 11) is 0. The van der Waals surface area contributed by atoms with E-state index < -0.39 is 0 Å². The van der Waals surface area contributed by atoms with Crippen LogP contribution in [0, 0.1) is 6.92 Å². The second kappa shape index (κ2) is 7.50. The van der Waals surface area contributed by atoms with Crippen LogP contribution in [0.15, 0.2) is 72.8 Å². The number of hydrogen-bond donors (Lipinski definition) is 0. The van der Waals surface area contributed by atoms with Crippen LogP contribution in [0.25, 0.3) is 0 Å². The fraction of sp³-hybridized carbons (Fsp3) is 0.308. The lowest BCUT2D eigenvalue weighted by Crippen LogP contribution is -2.13. The van der Waals surface area contributed by atoms with Gasteiger partial charge in [-0.2, -0.15) is 0 Å². The van der Waals surface area contributed by atoms with Crippen LogP contribution in [0.3, 0.4) is 0 Å². The minimum atomic E-state index is 0.548. The summed E-state index contributed by atoms with van der Waals surface area (Å²) in [5.74, 6) is 1.13. The highest BCUT2D eigenvalue weighted by atomic mass is 14.3. The molecule has 0 aromatic heterocycles. The lowest BCUT2D eigenvalue weighted by atomic mass is 9.77. The Balaban J connectivity index is 1.77. The minimum absolute atomic E-state index is 0.548. The molecule has 0 amide bonds. The quantitative estimate of drug-likeness (QED) is 0.470. The Morgan fingerprint density at radius 2 is 1.50 bits per heavy atom. The van der Waals surface area contributed by atoms with Crippen LogP contribution in [0.2, 0.25) is 0 Å². The zero-order chi connectivity index (χ0) is 17.9. The van der Waals surface area contributed by atoms with Crippen molar-refractivity contribution < 1.29 is 0 Å². The summed E-state index contributed by atoms with van der Waals surface area (Å²) in [6, 6.07) is 27.6. The van der Waals surface area contributed by atoms with Gasteiger partial charge in [0.25, 0.3) is 0 Å². The van der Waals surface area contributed by atoms with Crippen molar-refractivity contribution in [3.05, 3.63) is 106 Å². The highest BCUT2D eigenvalue weighted by Gasteiger charge is 2.28. The molecule has 26 heavy (non-hydrogen) atoms. The second-order valence-corrected chi connectivity index (χ2v) is 7.73. The summed E-state index contributed by atoms with van der Waals surface area (Å²) >= 11 is 0. The normalized spacial score (nSPS) is 19.6. The van der Waals surface area contributed by atoms with Crippen molar-refractivity contribution >= 4 is 0 Å². The first-order chi connectivity index (χ1) is 12.7. The topological polar surface area (TPSA) is 0 Å². The van der Waals surface area contributed by atoms with Gasteiger partial charge >= 0.3 is 0 Å². The van der Waals surface area contributed by atoms with Gasteiger partial charge < -0.3 is 0 Å². The van der Waals surface area contributed by atoms with Crippen molar-refractivity contribution in [1.29, 1.82) is 0 Å². The van der Waals surface area contributed by atoms with Gasteiger partial charge in [0.2, 0.25) is 0 Å². The number of benzene rings is 3. The van der Waals surface area contributed by atoms with Crippen LogP contribution in [-0.2, 0) is 19.3 Å². The Hall–Kier alpha value is -2.34. The summed E-state index contributed by atoms with van der Waals surface area (Å²) in [6.07, 6.45) is 4.65. The standard InChI is InChI=1S/C26H28/c1-3-20-10-13-23(14-11-20)26-18-24-17-19(2)9-12-21(24)15-16-25(26)22-7-5-4-6-8-22/h4-14,17,25-26H,3,15-16,18H2,1-2H3. The summed E-state index contributed by atoms with van der Waals surface area (Å²) in [5.41, 5.74) is 8.88. The van der Waals surface area contributed by atoms with Crippen molar-refractivity contribution in [2.75, 3.05) is 0 Å². The molecule has 0 radical (unpaired) electrons. The number of aryl methyl sites for hydroxylation is 3. The van der Waals surface area contributed by atoms with Crippen molar-refractivity contribution in [2.45, 2.75) is 51.4 Å². The fourth-order valence-electron chi connectivity index (χ4n) is 4.53. The Kier molecular flexibility index (Phi) is 4.93. The third-order valence-electron chi connectivity index (χ3n) is 6.06. The van der Waals surface area contributed by atoms with E-state index in [9.17, 15) is 0 Å². The molecule has 0 saturated carbocycles. The second-order valence-electron chi connectivity index (χ2n) is 7.73. The average molecular weight is 341 g/mol. The summed E-state index contributed by atoms with van der Waals surface area (Å²) in [4.78, 5) is 0. The number of rotatable bonds is 3. The fourth-order valence-corrected chi connectivity index (χ4v) is 4.53. The van der Waals surface area contributed by atoms with E-state index in [-0.39, 0.29) is 0 Å². The van der Waals surface area contributed by atoms with Gasteiger partial charge in [-0.3, -0.25) is 0 Å². The lowest BCUT2D eigenvalue weighted by Gasteiger charge is -2.26. The van der Waals surface area contributed by atoms with Crippen molar-refractivity contribution in [1.82, 2.24) is 0 Å². The molecule has 0 bridgehead atoms. The largest absolute Gasteiger partial charge is 0.0622 e. The average Bonchev–Trinajstić information content (AvgIpc) is 2.88. The molecule has 2 unspecified atom stereocenters. The van der Waals surface area contributed by atoms with Crippen molar-refractivity contribution in [3.8, 4) is 0 Å². The zero-order valence-electron chi connectivity index (χ0n) is 15.9. The lowest BCUT2D eigenvalue weighted by molar-refractivity contribution is 0.519. The molecule has 0 heteroatoms. The molecule has 0 saturated heterocycles. The van der Waals surface area contributed by atoms with E-state index in [0.717, 1.165) is 12.8 Å². The van der Waals surface area contributed by atoms with E-state index >= 15 is 0 Å². The third kappa shape index (κ3) is 3.46. The molecule has 1 aliphatic carbocycles. The molecule has 132 valence electrons. The maximum Gasteiger partial charge on any atom is -0.00524 e. The van der Waals surface area contributed by atoms with E-state index in [1.54, 1.807) is 11.1 Å². The van der Waals surface area contributed by atoms with Gasteiger partial charge in [-0.05, 0) is 72.3 Å². The predicted molar refractivity (Wildman–Crippen MR) is 111 cm³/mol. The van der Waals surface area contributed by atoms with Gasteiger partial charge in [0, 0.05) is 0 Å². The van der Waals surface area contributed by atoms with Gasteiger partial charge in [0.1, 0.15) is 0 Å². The van der Waals surface area contributed by atoms with E-state index in [1.807, 2.05) is 0 Å². The van der Waals surface area contributed by atoms with Gasteiger partial charge in [0.05, 0.1) is 0 Å². The van der Waals surface area contributed by atoms with E-state index in [0.29, 0.717) is 11.8 Å². The summed E-state index contributed by atoms with van der Waals surface area (Å²) < 4.78 is 0. The molecule has 3 aromatic carbocycles. The molecule has 4 rings (SSSR count). The van der Waals surface area contributed by atoms with Crippen LogP contribution in [-0.4, -0.2) is 0 Å². The molecule has 0 nitrogen and oxygen atoms in total. The Labute approximate surface area is 157 Å². The maximum atomic E-state index is 2.41. The first-order valence-corrected chi connectivity index (χ1v) is 9.97. The van der Waals surface area contributed by atoms with Crippen LogP contribution in [0.5, 0.6) is 0 Å². The Bertz CT molecular complexity index is 858. The molecule has 0 fully saturated rings. The van der Waals surface area contributed by atoms with Crippen LogP contribution >= 0.6 is 0 Å².